The average molecular weight is 377 g/mol. The van der Waals surface area contributed by atoms with Crippen LogP contribution >= 0.6 is 34.8 Å². The van der Waals surface area contributed by atoms with Gasteiger partial charge in [0.2, 0.25) is 10.0 Å². The molecule has 0 spiro atoms. The molecule has 118 valence electrons. The Bertz CT molecular complexity index is 641. The topological polar surface area (TPSA) is 46.6 Å². The quantitative estimate of drug-likeness (QED) is 0.601. The number of halogens is 4. The van der Waals surface area contributed by atoms with Crippen LogP contribution in [0.25, 0.3) is 0 Å². The summed E-state index contributed by atoms with van der Waals surface area (Å²) >= 11 is 17.1. The number of ether oxygens (including phenoxy) is 1. The number of rotatable bonds is 3. The fourth-order valence-corrected chi connectivity index (χ4v) is 4.61. The van der Waals surface area contributed by atoms with E-state index in [9.17, 15) is 12.8 Å². The first kappa shape index (κ1) is 17.2. The summed E-state index contributed by atoms with van der Waals surface area (Å²) < 4.78 is 45.7. The molecule has 2 atom stereocenters. The van der Waals surface area contributed by atoms with Crippen LogP contribution < -0.4 is 0 Å². The molecule has 1 aliphatic rings. The van der Waals surface area contributed by atoms with Gasteiger partial charge in [-0.1, -0.05) is 23.2 Å². The predicted molar refractivity (Wildman–Crippen MR) is 80.2 cm³/mol. The molecule has 1 aromatic rings. The van der Waals surface area contributed by atoms with E-state index in [0.29, 0.717) is 0 Å². The van der Waals surface area contributed by atoms with E-state index in [0.717, 1.165) is 0 Å². The van der Waals surface area contributed by atoms with Crippen LogP contribution in [0.4, 0.5) is 4.39 Å². The van der Waals surface area contributed by atoms with Gasteiger partial charge in [-0.05, 0) is 19.1 Å². The van der Waals surface area contributed by atoms with E-state index in [1.54, 1.807) is 6.92 Å². The Kier molecular flexibility index (Phi) is 5.39. The van der Waals surface area contributed by atoms with Gasteiger partial charge in [-0.25, -0.2) is 12.8 Å². The summed E-state index contributed by atoms with van der Waals surface area (Å²) in [6.45, 7) is 2.00. The summed E-state index contributed by atoms with van der Waals surface area (Å²) in [6, 6.07) is 1.96. The summed E-state index contributed by atoms with van der Waals surface area (Å²) in [5.41, 5.74) is 0. The lowest BCUT2D eigenvalue weighted by Crippen LogP contribution is -2.51. The second kappa shape index (κ2) is 6.56. The molecule has 0 aromatic heterocycles. The molecule has 0 aliphatic carbocycles. The SMILES string of the molecule is CC1COC(CCl)CN1S(=O)(=O)c1ccc(Cl)c(F)c1Cl. The Morgan fingerprint density at radius 1 is 1.43 bits per heavy atom. The first-order valence-electron chi connectivity index (χ1n) is 6.12. The number of alkyl halides is 1. The van der Waals surface area contributed by atoms with Crippen LogP contribution in [0, 0.1) is 5.82 Å². The smallest absolute Gasteiger partial charge is 0.245 e. The van der Waals surface area contributed by atoms with Gasteiger partial charge in [-0.15, -0.1) is 11.6 Å². The molecular weight excluding hydrogens is 364 g/mol. The van der Waals surface area contributed by atoms with Crippen LogP contribution in [0.5, 0.6) is 0 Å². The molecule has 1 fully saturated rings. The zero-order valence-electron chi connectivity index (χ0n) is 11.0. The van der Waals surface area contributed by atoms with Gasteiger partial charge >= 0.3 is 0 Å². The zero-order valence-corrected chi connectivity index (χ0v) is 14.1. The standard InChI is InChI=1S/C12H13Cl3FNO3S/c1-7-6-20-8(4-13)5-17(7)21(18,19)10-3-2-9(14)12(16)11(10)15/h2-3,7-8H,4-6H2,1H3. The summed E-state index contributed by atoms with van der Waals surface area (Å²) in [5.74, 6) is -0.782. The maximum Gasteiger partial charge on any atom is 0.245 e. The van der Waals surface area contributed by atoms with Crippen molar-refractivity contribution in [2.45, 2.75) is 24.0 Å². The second-order valence-corrected chi connectivity index (χ2v) is 7.66. The molecule has 0 bridgehead atoms. The largest absolute Gasteiger partial charge is 0.374 e. The second-order valence-electron chi connectivity index (χ2n) is 4.71. The third-order valence-corrected chi connectivity index (χ3v) is 6.35. The molecular formula is C12H13Cl3FNO3S. The minimum Gasteiger partial charge on any atom is -0.374 e. The maximum atomic E-state index is 13.7. The van der Waals surface area contributed by atoms with Crippen molar-refractivity contribution in [3.63, 3.8) is 0 Å². The third kappa shape index (κ3) is 3.30. The fourth-order valence-electron chi connectivity index (χ4n) is 2.05. The van der Waals surface area contributed by atoms with Crippen LogP contribution in [0.2, 0.25) is 10.0 Å². The van der Waals surface area contributed by atoms with Crippen molar-refractivity contribution in [2.24, 2.45) is 0 Å². The van der Waals surface area contributed by atoms with Crippen LogP contribution in [0.1, 0.15) is 6.92 Å². The van der Waals surface area contributed by atoms with E-state index in [4.69, 9.17) is 39.5 Å². The predicted octanol–water partition coefficient (Wildman–Crippen LogP) is 3.15. The summed E-state index contributed by atoms with van der Waals surface area (Å²) in [7, 11) is -3.96. The van der Waals surface area contributed by atoms with E-state index in [1.807, 2.05) is 0 Å². The normalized spacial score (nSPS) is 24.2. The third-order valence-electron chi connectivity index (χ3n) is 3.21. The number of hydrogen-bond donors (Lipinski definition) is 0. The lowest BCUT2D eigenvalue weighted by Gasteiger charge is -2.36. The molecule has 4 nitrogen and oxygen atoms in total. The highest BCUT2D eigenvalue weighted by molar-refractivity contribution is 7.89. The van der Waals surface area contributed by atoms with Gasteiger partial charge in [0.25, 0.3) is 0 Å². The number of hydrogen-bond acceptors (Lipinski definition) is 3. The molecule has 0 N–H and O–H groups in total. The van der Waals surface area contributed by atoms with Gasteiger partial charge in [0.1, 0.15) is 4.90 Å². The lowest BCUT2D eigenvalue weighted by atomic mass is 10.2. The highest BCUT2D eigenvalue weighted by atomic mass is 35.5. The number of nitrogens with zero attached hydrogens (tertiary/aromatic N) is 1. The van der Waals surface area contributed by atoms with Crippen molar-refractivity contribution in [1.29, 1.82) is 0 Å². The van der Waals surface area contributed by atoms with E-state index < -0.39 is 33.0 Å². The van der Waals surface area contributed by atoms with E-state index in [2.05, 4.69) is 0 Å². The minimum atomic E-state index is -3.96. The first-order valence-corrected chi connectivity index (χ1v) is 8.85. The van der Waals surface area contributed by atoms with Crippen molar-refractivity contribution in [2.75, 3.05) is 19.0 Å². The Hall–Kier alpha value is -0.110. The highest BCUT2D eigenvalue weighted by Crippen LogP contribution is 2.32. The van der Waals surface area contributed by atoms with Crippen molar-refractivity contribution in [3.8, 4) is 0 Å². The van der Waals surface area contributed by atoms with Gasteiger partial charge in [0.15, 0.2) is 5.82 Å². The molecule has 2 rings (SSSR count). The van der Waals surface area contributed by atoms with Crippen molar-refractivity contribution in [1.82, 2.24) is 4.31 Å². The lowest BCUT2D eigenvalue weighted by molar-refractivity contribution is -0.0152. The zero-order chi connectivity index (χ0) is 15.8. The van der Waals surface area contributed by atoms with Gasteiger partial charge in [0.05, 0.1) is 22.8 Å². The molecule has 1 heterocycles. The summed E-state index contributed by atoms with van der Waals surface area (Å²) in [5, 5.41) is -0.740. The Morgan fingerprint density at radius 3 is 2.71 bits per heavy atom. The average Bonchev–Trinajstić information content (AvgIpc) is 2.45. The summed E-state index contributed by atoms with van der Waals surface area (Å²) in [6.07, 6.45) is -0.409. The molecule has 0 amide bonds. The van der Waals surface area contributed by atoms with Gasteiger partial charge in [-0.3, -0.25) is 0 Å². The number of sulfonamides is 1. The maximum absolute atomic E-state index is 13.7. The van der Waals surface area contributed by atoms with E-state index >= 15 is 0 Å². The van der Waals surface area contributed by atoms with E-state index in [-0.39, 0.29) is 28.9 Å². The molecule has 0 radical (unpaired) electrons. The van der Waals surface area contributed by atoms with Crippen LogP contribution in [0.15, 0.2) is 17.0 Å². The Morgan fingerprint density at radius 2 is 2.10 bits per heavy atom. The molecule has 1 aliphatic heterocycles. The van der Waals surface area contributed by atoms with Gasteiger partial charge in [-0.2, -0.15) is 4.31 Å². The monoisotopic (exact) mass is 375 g/mol. The van der Waals surface area contributed by atoms with Crippen molar-refractivity contribution < 1.29 is 17.5 Å². The number of morpholine rings is 1. The Labute approximate surface area is 137 Å². The molecule has 21 heavy (non-hydrogen) atoms. The van der Waals surface area contributed by atoms with Crippen LogP contribution in [0.3, 0.4) is 0 Å². The molecule has 9 heteroatoms. The van der Waals surface area contributed by atoms with Crippen LogP contribution in [-0.2, 0) is 14.8 Å². The van der Waals surface area contributed by atoms with Crippen molar-refractivity contribution in [3.05, 3.63) is 28.0 Å². The van der Waals surface area contributed by atoms with E-state index in [1.165, 1.54) is 16.4 Å². The molecule has 1 saturated heterocycles. The highest BCUT2D eigenvalue weighted by Gasteiger charge is 2.37. The first-order chi connectivity index (χ1) is 9.78. The minimum absolute atomic E-state index is 0.0908. The van der Waals surface area contributed by atoms with Gasteiger partial charge < -0.3 is 4.74 Å². The summed E-state index contributed by atoms with van der Waals surface area (Å²) in [4.78, 5) is -0.312. The molecule has 0 saturated carbocycles. The van der Waals surface area contributed by atoms with Crippen LogP contribution in [-0.4, -0.2) is 43.9 Å². The van der Waals surface area contributed by atoms with Crippen molar-refractivity contribution >= 4 is 44.8 Å². The molecule has 1 aromatic carbocycles. The Balaban J connectivity index is 2.44. The fraction of sp³-hybridized carbons (Fsp3) is 0.500. The number of benzene rings is 1. The van der Waals surface area contributed by atoms with Gasteiger partial charge in [0, 0.05) is 18.5 Å². The molecule has 2 unspecified atom stereocenters.